The summed E-state index contributed by atoms with van der Waals surface area (Å²) in [6.07, 6.45) is 0. The second-order valence-corrected chi connectivity index (χ2v) is 8.68. The standard InChI is InChI=1S/C26H24FN5O2S/c1-17-4-12-22(13-5-17)32-25(20-8-14-23(34-3)15-9-20)30-31-26(32)35-16-24(33)29-28-18(2)19-6-10-21(27)11-7-19/h4-15H,16H2,1-3H3,(H,29,33). The number of hydrogen-bond acceptors (Lipinski definition) is 6. The highest BCUT2D eigenvalue weighted by Gasteiger charge is 2.17. The molecule has 178 valence electrons. The summed E-state index contributed by atoms with van der Waals surface area (Å²) in [6, 6.07) is 21.5. The first kappa shape index (κ1) is 24.2. The predicted octanol–water partition coefficient (Wildman–Crippen LogP) is 5.02. The van der Waals surface area contributed by atoms with Crippen molar-refractivity contribution in [2.75, 3.05) is 12.9 Å². The molecule has 0 radical (unpaired) electrons. The molecule has 1 aromatic heterocycles. The maximum absolute atomic E-state index is 13.1. The third kappa shape index (κ3) is 5.93. The van der Waals surface area contributed by atoms with Crippen LogP contribution in [-0.2, 0) is 4.79 Å². The molecule has 1 N–H and O–H groups in total. The Balaban J connectivity index is 1.53. The number of benzene rings is 3. The molecular formula is C26H24FN5O2S. The van der Waals surface area contributed by atoms with Gasteiger partial charge in [-0.15, -0.1) is 10.2 Å². The van der Waals surface area contributed by atoms with Gasteiger partial charge in [0.1, 0.15) is 11.6 Å². The normalized spacial score (nSPS) is 11.4. The summed E-state index contributed by atoms with van der Waals surface area (Å²) in [5, 5.41) is 13.5. The second kappa shape index (κ2) is 11.0. The van der Waals surface area contributed by atoms with Gasteiger partial charge >= 0.3 is 0 Å². The molecule has 4 aromatic rings. The van der Waals surface area contributed by atoms with Gasteiger partial charge in [0.2, 0.25) is 0 Å². The van der Waals surface area contributed by atoms with Crippen LogP contribution in [0.15, 0.2) is 83.1 Å². The molecule has 0 saturated carbocycles. The van der Waals surface area contributed by atoms with Crippen molar-refractivity contribution in [3.8, 4) is 22.8 Å². The average Bonchev–Trinajstić information content (AvgIpc) is 3.31. The molecule has 3 aromatic carbocycles. The number of carbonyl (C=O) groups excluding carboxylic acids is 1. The van der Waals surface area contributed by atoms with Crippen LogP contribution >= 0.6 is 11.8 Å². The Bertz CT molecular complexity index is 1330. The van der Waals surface area contributed by atoms with Crippen LogP contribution in [0, 0.1) is 12.7 Å². The summed E-state index contributed by atoms with van der Waals surface area (Å²) in [4.78, 5) is 12.5. The Hall–Kier alpha value is -3.98. The quantitative estimate of drug-likeness (QED) is 0.213. The average molecular weight is 490 g/mol. The van der Waals surface area contributed by atoms with Crippen molar-refractivity contribution in [1.82, 2.24) is 20.2 Å². The Morgan fingerprint density at radius 2 is 1.71 bits per heavy atom. The summed E-state index contributed by atoms with van der Waals surface area (Å²) in [6.45, 7) is 3.77. The molecule has 1 amide bonds. The van der Waals surface area contributed by atoms with E-state index in [0.29, 0.717) is 16.7 Å². The molecule has 4 rings (SSSR count). The van der Waals surface area contributed by atoms with Crippen molar-refractivity contribution in [1.29, 1.82) is 0 Å². The zero-order valence-corrected chi connectivity index (χ0v) is 20.3. The molecule has 0 saturated heterocycles. The van der Waals surface area contributed by atoms with E-state index >= 15 is 0 Å². The van der Waals surface area contributed by atoms with Crippen molar-refractivity contribution in [2.24, 2.45) is 5.10 Å². The molecule has 0 spiro atoms. The van der Waals surface area contributed by atoms with Gasteiger partial charge in [-0.25, -0.2) is 9.82 Å². The van der Waals surface area contributed by atoms with Crippen molar-refractivity contribution < 1.29 is 13.9 Å². The summed E-state index contributed by atoms with van der Waals surface area (Å²) in [7, 11) is 1.62. The smallest absolute Gasteiger partial charge is 0.250 e. The Labute approximate surface area is 207 Å². The predicted molar refractivity (Wildman–Crippen MR) is 136 cm³/mol. The first-order valence-corrected chi connectivity index (χ1v) is 11.8. The number of nitrogens with one attached hydrogen (secondary N) is 1. The Morgan fingerprint density at radius 1 is 1.03 bits per heavy atom. The van der Waals surface area contributed by atoms with Gasteiger partial charge in [-0.05, 0) is 67.9 Å². The molecule has 0 aliphatic rings. The summed E-state index contributed by atoms with van der Waals surface area (Å²) in [5.74, 6) is 0.879. The molecule has 1 heterocycles. The lowest BCUT2D eigenvalue weighted by Crippen LogP contribution is -2.21. The summed E-state index contributed by atoms with van der Waals surface area (Å²) < 4.78 is 20.3. The summed E-state index contributed by atoms with van der Waals surface area (Å²) >= 11 is 1.26. The highest BCUT2D eigenvalue weighted by Crippen LogP contribution is 2.29. The van der Waals surface area contributed by atoms with Crippen LogP contribution in [0.25, 0.3) is 17.1 Å². The second-order valence-electron chi connectivity index (χ2n) is 7.73. The van der Waals surface area contributed by atoms with Gasteiger partial charge in [0, 0.05) is 11.3 Å². The van der Waals surface area contributed by atoms with E-state index in [4.69, 9.17) is 4.74 Å². The third-order valence-corrected chi connectivity index (χ3v) is 6.15. The van der Waals surface area contributed by atoms with E-state index in [0.717, 1.165) is 28.1 Å². The van der Waals surface area contributed by atoms with E-state index in [-0.39, 0.29) is 17.5 Å². The lowest BCUT2D eigenvalue weighted by atomic mass is 10.1. The Morgan fingerprint density at radius 3 is 2.37 bits per heavy atom. The zero-order valence-electron chi connectivity index (χ0n) is 19.5. The number of aryl methyl sites for hydroxylation is 1. The lowest BCUT2D eigenvalue weighted by Gasteiger charge is -2.11. The number of carbonyl (C=O) groups is 1. The van der Waals surface area contributed by atoms with Gasteiger partial charge in [0.25, 0.3) is 5.91 Å². The fourth-order valence-electron chi connectivity index (χ4n) is 3.28. The molecular weight excluding hydrogens is 465 g/mol. The number of ether oxygens (including phenoxy) is 1. The molecule has 0 bridgehead atoms. The fraction of sp³-hybridized carbons (Fsp3) is 0.154. The van der Waals surface area contributed by atoms with Crippen molar-refractivity contribution in [3.05, 3.63) is 89.7 Å². The van der Waals surface area contributed by atoms with Crippen molar-refractivity contribution in [3.63, 3.8) is 0 Å². The zero-order chi connectivity index (χ0) is 24.8. The van der Waals surface area contributed by atoms with Gasteiger partial charge in [0.15, 0.2) is 11.0 Å². The molecule has 9 heteroatoms. The molecule has 0 fully saturated rings. The summed E-state index contributed by atoms with van der Waals surface area (Å²) in [5.41, 5.74) is 6.74. The van der Waals surface area contributed by atoms with Crippen LogP contribution in [-0.4, -0.2) is 39.2 Å². The molecule has 7 nitrogen and oxygen atoms in total. The SMILES string of the molecule is COc1ccc(-c2nnc(SCC(=O)NN=C(C)c3ccc(F)cc3)n2-c2ccc(C)cc2)cc1. The van der Waals surface area contributed by atoms with Gasteiger partial charge in [-0.3, -0.25) is 9.36 Å². The monoisotopic (exact) mass is 489 g/mol. The van der Waals surface area contributed by atoms with E-state index in [1.165, 1.54) is 23.9 Å². The maximum atomic E-state index is 13.1. The number of methoxy groups -OCH3 is 1. The highest BCUT2D eigenvalue weighted by atomic mass is 32.2. The number of thioether (sulfide) groups is 1. The van der Waals surface area contributed by atoms with Crippen LogP contribution in [0.5, 0.6) is 5.75 Å². The number of hydrogen-bond donors (Lipinski definition) is 1. The van der Waals surface area contributed by atoms with Gasteiger partial charge in [0.05, 0.1) is 18.6 Å². The minimum atomic E-state index is -0.325. The van der Waals surface area contributed by atoms with Gasteiger partial charge < -0.3 is 4.74 Å². The number of rotatable bonds is 8. The molecule has 0 atom stereocenters. The maximum Gasteiger partial charge on any atom is 0.250 e. The van der Waals surface area contributed by atoms with Crippen molar-refractivity contribution in [2.45, 2.75) is 19.0 Å². The Kier molecular flexibility index (Phi) is 7.57. The largest absolute Gasteiger partial charge is 0.497 e. The third-order valence-electron chi connectivity index (χ3n) is 5.22. The number of hydrazone groups is 1. The first-order chi connectivity index (χ1) is 16.9. The number of amides is 1. The van der Waals surface area contributed by atoms with E-state index < -0.39 is 0 Å². The van der Waals surface area contributed by atoms with E-state index in [1.54, 1.807) is 26.2 Å². The van der Waals surface area contributed by atoms with Crippen molar-refractivity contribution >= 4 is 23.4 Å². The molecule has 0 aliphatic carbocycles. The van der Waals surface area contributed by atoms with Crippen LogP contribution in [0.2, 0.25) is 0 Å². The highest BCUT2D eigenvalue weighted by molar-refractivity contribution is 7.99. The van der Waals surface area contributed by atoms with Crippen LogP contribution in [0.3, 0.4) is 0 Å². The van der Waals surface area contributed by atoms with Crippen LogP contribution < -0.4 is 10.2 Å². The first-order valence-electron chi connectivity index (χ1n) is 10.8. The minimum absolute atomic E-state index is 0.0901. The number of halogens is 1. The van der Waals surface area contributed by atoms with Crippen LogP contribution in [0.4, 0.5) is 4.39 Å². The number of aromatic nitrogens is 3. The van der Waals surface area contributed by atoms with Gasteiger partial charge in [-0.1, -0.05) is 41.6 Å². The van der Waals surface area contributed by atoms with Gasteiger partial charge in [-0.2, -0.15) is 5.10 Å². The molecule has 35 heavy (non-hydrogen) atoms. The fourth-order valence-corrected chi connectivity index (χ4v) is 4.03. The number of nitrogens with zero attached hydrogens (tertiary/aromatic N) is 4. The lowest BCUT2D eigenvalue weighted by molar-refractivity contribution is -0.118. The molecule has 0 unspecified atom stereocenters. The van der Waals surface area contributed by atoms with E-state index in [9.17, 15) is 9.18 Å². The topological polar surface area (TPSA) is 81.4 Å². The minimum Gasteiger partial charge on any atom is -0.497 e. The molecule has 0 aliphatic heterocycles. The van der Waals surface area contributed by atoms with E-state index in [2.05, 4.69) is 20.7 Å². The van der Waals surface area contributed by atoms with E-state index in [1.807, 2.05) is 60.0 Å². The van der Waals surface area contributed by atoms with Crippen LogP contribution in [0.1, 0.15) is 18.1 Å².